The molecule has 0 aromatic heterocycles. The minimum absolute atomic E-state index is 0.0348. The second-order valence-electron chi connectivity index (χ2n) is 3.62. The molecule has 0 amide bonds. The molecular weight excluding hydrogens is 268 g/mol. The molecule has 1 rings (SSSR count). The molecule has 0 aliphatic rings. The van der Waals surface area contributed by atoms with E-state index in [1.807, 2.05) is 25.1 Å². The molecule has 0 aliphatic heterocycles. The van der Waals surface area contributed by atoms with Gasteiger partial charge in [-0.25, -0.2) is 0 Å². The summed E-state index contributed by atoms with van der Waals surface area (Å²) in [6.45, 7) is 1.79. The molecule has 18 heavy (non-hydrogen) atoms. The number of aliphatic hydroxyl groups is 2. The van der Waals surface area contributed by atoms with Crippen LogP contribution in [-0.4, -0.2) is 40.3 Å². The van der Waals surface area contributed by atoms with E-state index in [1.165, 1.54) is 11.8 Å². The molecule has 1 aromatic carbocycles. The summed E-state index contributed by atoms with van der Waals surface area (Å²) in [6.07, 6.45) is -0.753. The normalized spacial score (nSPS) is 12.4. The van der Waals surface area contributed by atoms with Crippen LogP contribution in [0.4, 0.5) is 0 Å². The van der Waals surface area contributed by atoms with Crippen molar-refractivity contribution in [2.45, 2.75) is 22.8 Å². The lowest BCUT2D eigenvalue weighted by Gasteiger charge is -2.13. The summed E-state index contributed by atoms with van der Waals surface area (Å²) in [6, 6.07) is 5.74. The van der Waals surface area contributed by atoms with Gasteiger partial charge in [0.25, 0.3) is 0 Å². The SMILES string of the molecule is CCSc1cccc(SCC(O)CO)c1C(=N)N. The van der Waals surface area contributed by atoms with Gasteiger partial charge in [-0.15, -0.1) is 23.5 Å². The third-order valence-corrected chi connectivity index (χ3v) is 4.34. The zero-order valence-corrected chi connectivity index (χ0v) is 11.9. The molecule has 0 fully saturated rings. The van der Waals surface area contributed by atoms with Gasteiger partial charge in [-0.1, -0.05) is 13.0 Å². The standard InChI is InChI=1S/C12H18N2O2S2/c1-2-17-9-4-3-5-10(11(9)12(13)14)18-7-8(16)6-15/h3-5,8,15-16H,2,6-7H2,1H3,(H3,13,14). The van der Waals surface area contributed by atoms with E-state index < -0.39 is 6.10 Å². The van der Waals surface area contributed by atoms with Crippen molar-refractivity contribution in [2.75, 3.05) is 18.1 Å². The minimum Gasteiger partial charge on any atom is -0.394 e. The van der Waals surface area contributed by atoms with Crippen LogP contribution in [0.5, 0.6) is 0 Å². The number of nitrogen functional groups attached to an aromatic ring is 1. The van der Waals surface area contributed by atoms with Crippen LogP contribution < -0.4 is 5.73 Å². The number of thioether (sulfide) groups is 2. The summed E-state index contributed by atoms with van der Waals surface area (Å²) in [4.78, 5) is 1.85. The molecule has 0 saturated heterocycles. The van der Waals surface area contributed by atoms with Crippen molar-refractivity contribution in [1.29, 1.82) is 5.41 Å². The Kier molecular flexibility index (Phi) is 6.56. The number of aliphatic hydroxyl groups excluding tert-OH is 2. The largest absolute Gasteiger partial charge is 0.394 e. The van der Waals surface area contributed by atoms with Crippen molar-refractivity contribution in [3.8, 4) is 0 Å². The van der Waals surface area contributed by atoms with Crippen LogP contribution in [0.25, 0.3) is 0 Å². The Bertz CT molecular complexity index is 413. The molecule has 0 bridgehead atoms. The first-order valence-electron chi connectivity index (χ1n) is 5.62. The minimum atomic E-state index is -0.753. The summed E-state index contributed by atoms with van der Waals surface area (Å²) in [7, 11) is 0. The average molecular weight is 286 g/mol. The van der Waals surface area contributed by atoms with Crippen LogP contribution in [0, 0.1) is 5.41 Å². The number of nitrogens with two attached hydrogens (primary N) is 1. The van der Waals surface area contributed by atoms with Gasteiger partial charge in [0.15, 0.2) is 0 Å². The van der Waals surface area contributed by atoms with Crippen molar-refractivity contribution in [3.63, 3.8) is 0 Å². The molecule has 0 aliphatic carbocycles. The van der Waals surface area contributed by atoms with Gasteiger partial charge in [0.05, 0.1) is 12.7 Å². The zero-order chi connectivity index (χ0) is 13.5. The molecule has 1 aromatic rings. The lowest BCUT2D eigenvalue weighted by molar-refractivity contribution is 0.113. The van der Waals surface area contributed by atoms with Gasteiger partial charge in [-0.2, -0.15) is 0 Å². The van der Waals surface area contributed by atoms with Gasteiger partial charge in [0.1, 0.15) is 5.84 Å². The Balaban J connectivity index is 2.95. The van der Waals surface area contributed by atoms with E-state index in [2.05, 4.69) is 0 Å². The van der Waals surface area contributed by atoms with Crippen molar-refractivity contribution in [1.82, 2.24) is 0 Å². The van der Waals surface area contributed by atoms with E-state index >= 15 is 0 Å². The van der Waals surface area contributed by atoms with Crippen LogP contribution >= 0.6 is 23.5 Å². The van der Waals surface area contributed by atoms with E-state index in [9.17, 15) is 5.11 Å². The number of rotatable bonds is 7. The number of hydrogen-bond acceptors (Lipinski definition) is 5. The Morgan fingerprint density at radius 3 is 2.50 bits per heavy atom. The van der Waals surface area contributed by atoms with Crippen molar-refractivity contribution in [2.24, 2.45) is 5.73 Å². The fraction of sp³-hybridized carbons (Fsp3) is 0.417. The second kappa shape index (κ2) is 7.68. The Labute approximate surface area is 115 Å². The van der Waals surface area contributed by atoms with Crippen molar-refractivity contribution in [3.05, 3.63) is 23.8 Å². The summed E-state index contributed by atoms with van der Waals surface area (Å²) in [5.74, 6) is 1.33. The van der Waals surface area contributed by atoms with Gasteiger partial charge in [-0.05, 0) is 17.9 Å². The van der Waals surface area contributed by atoms with Gasteiger partial charge < -0.3 is 15.9 Å². The monoisotopic (exact) mass is 286 g/mol. The number of benzene rings is 1. The van der Waals surface area contributed by atoms with Crippen molar-refractivity contribution < 1.29 is 10.2 Å². The maximum Gasteiger partial charge on any atom is 0.125 e. The smallest absolute Gasteiger partial charge is 0.125 e. The third-order valence-electron chi connectivity index (χ3n) is 2.20. The first-order valence-corrected chi connectivity index (χ1v) is 7.59. The Morgan fingerprint density at radius 2 is 2.00 bits per heavy atom. The van der Waals surface area contributed by atoms with E-state index in [0.717, 1.165) is 21.1 Å². The molecule has 6 heteroatoms. The second-order valence-corrected chi connectivity index (χ2v) is 5.99. The fourth-order valence-corrected chi connectivity index (χ4v) is 3.34. The van der Waals surface area contributed by atoms with Gasteiger partial charge in [-0.3, -0.25) is 5.41 Å². The molecule has 0 radical (unpaired) electrons. The molecule has 1 atom stereocenters. The van der Waals surface area contributed by atoms with Gasteiger partial charge >= 0.3 is 0 Å². The van der Waals surface area contributed by atoms with E-state index in [0.29, 0.717) is 5.75 Å². The lowest BCUT2D eigenvalue weighted by atomic mass is 10.2. The molecule has 4 nitrogen and oxygen atoms in total. The first kappa shape index (κ1) is 15.4. The summed E-state index contributed by atoms with van der Waals surface area (Å²) in [5.41, 5.74) is 6.35. The zero-order valence-electron chi connectivity index (χ0n) is 10.2. The molecule has 0 heterocycles. The highest BCUT2D eigenvalue weighted by atomic mass is 32.2. The van der Waals surface area contributed by atoms with Crippen molar-refractivity contribution >= 4 is 29.4 Å². The highest BCUT2D eigenvalue weighted by Gasteiger charge is 2.13. The van der Waals surface area contributed by atoms with Crippen LogP contribution in [-0.2, 0) is 0 Å². The van der Waals surface area contributed by atoms with Gasteiger partial charge in [0, 0.05) is 21.1 Å². The summed E-state index contributed by atoms with van der Waals surface area (Å²) in [5, 5.41) is 25.8. The predicted octanol–water partition coefficient (Wildman–Crippen LogP) is 1.53. The quantitative estimate of drug-likeness (QED) is 0.347. The number of nitrogens with one attached hydrogen (secondary N) is 1. The van der Waals surface area contributed by atoms with Crippen LogP contribution in [0.2, 0.25) is 0 Å². The van der Waals surface area contributed by atoms with E-state index in [-0.39, 0.29) is 12.4 Å². The predicted molar refractivity (Wildman–Crippen MR) is 77.7 cm³/mol. The molecule has 100 valence electrons. The Morgan fingerprint density at radius 1 is 1.39 bits per heavy atom. The maximum atomic E-state index is 9.36. The average Bonchev–Trinajstić information content (AvgIpc) is 2.36. The first-order chi connectivity index (χ1) is 8.60. The third kappa shape index (κ3) is 4.20. The van der Waals surface area contributed by atoms with Crippen LogP contribution in [0.1, 0.15) is 12.5 Å². The van der Waals surface area contributed by atoms with E-state index in [1.54, 1.807) is 11.8 Å². The highest BCUT2D eigenvalue weighted by molar-refractivity contribution is 8.00. The lowest BCUT2D eigenvalue weighted by Crippen LogP contribution is -2.17. The molecule has 5 N–H and O–H groups in total. The molecule has 0 saturated carbocycles. The highest BCUT2D eigenvalue weighted by Crippen LogP contribution is 2.31. The fourth-order valence-electron chi connectivity index (χ4n) is 1.41. The molecule has 1 unspecified atom stereocenters. The van der Waals surface area contributed by atoms with Gasteiger partial charge in [0.2, 0.25) is 0 Å². The number of amidine groups is 1. The molecule has 0 spiro atoms. The topological polar surface area (TPSA) is 90.3 Å². The van der Waals surface area contributed by atoms with Crippen LogP contribution in [0.3, 0.4) is 0 Å². The van der Waals surface area contributed by atoms with Crippen LogP contribution in [0.15, 0.2) is 28.0 Å². The number of hydrogen-bond donors (Lipinski definition) is 4. The maximum absolute atomic E-state index is 9.36. The molecular formula is C12H18N2O2S2. The Hall–Kier alpha value is -0.690. The summed E-state index contributed by atoms with van der Waals surface area (Å²) < 4.78 is 0. The summed E-state index contributed by atoms with van der Waals surface area (Å²) >= 11 is 3.04. The van der Waals surface area contributed by atoms with E-state index in [4.69, 9.17) is 16.2 Å².